The largest absolute Gasteiger partial charge is 0.379 e. The first-order valence-corrected chi connectivity index (χ1v) is 12.8. The van der Waals surface area contributed by atoms with E-state index < -0.39 is 10.0 Å². The molecule has 1 fully saturated rings. The van der Waals surface area contributed by atoms with Gasteiger partial charge in [0.05, 0.1) is 29.4 Å². The van der Waals surface area contributed by atoms with E-state index in [1.807, 2.05) is 40.8 Å². The van der Waals surface area contributed by atoms with Gasteiger partial charge < -0.3 is 10.1 Å². The van der Waals surface area contributed by atoms with Gasteiger partial charge >= 0.3 is 0 Å². The lowest BCUT2D eigenvalue weighted by molar-refractivity contribution is -0.113. The number of aromatic nitrogens is 3. The highest BCUT2D eigenvalue weighted by molar-refractivity contribution is 7.99. The number of ether oxygens (including phenoxy) is 1. The summed E-state index contributed by atoms with van der Waals surface area (Å²) in [6.45, 7) is 1.46. The number of morpholine rings is 1. The molecule has 0 unspecified atom stereocenters. The monoisotopic (exact) mass is 483 g/mol. The molecule has 2 aromatic carbocycles. The lowest BCUT2D eigenvalue weighted by atomic mass is 10.2. The minimum Gasteiger partial charge on any atom is -0.379 e. The SMILES string of the molecule is O=C(CSc1nnc2ccc3ccccc3n12)Nc1ccc(S(=O)(=O)N2CCOCC2)cc1. The zero-order chi connectivity index (χ0) is 22.8. The van der Waals surface area contributed by atoms with Gasteiger partial charge in [0.1, 0.15) is 0 Å². The van der Waals surface area contributed by atoms with Gasteiger partial charge in [0.2, 0.25) is 15.9 Å². The molecule has 1 saturated heterocycles. The second-order valence-electron chi connectivity index (χ2n) is 7.45. The molecule has 0 aliphatic carbocycles. The van der Waals surface area contributed by atoms with Gasteiger partial charge in [0.15, 0.2) is 10.8 Å². The number of benzene rings is 2. The van der Waals surface area contributed by atoms with Crippen LogP contribution in [-0.2, 0) is 19.6 Å². The number of nitrogens with zero attached hydrogens (tertiary/aromatic N) is 4. The topological polar surface area (TPSA) is 106 Å². The van der Waals surface area contributed by atoms with Crippen LogP contribution in [0.4, 0.5) is 5.69 Å². The van der Waals surface area contributed by atoms with E-state index >= 15 is 0 Å². The highest BCUT2D eigenvalue weighted by atomic mass is 32.2. The fourth-order valence-electron chi connectivity index (χ4n) is 3.68. The number of nitrogens with one attached hydrogen (secondary N) is 1. The van der Waals surface area contributed by atoms with Crippen molar-refractivity contribution in [2.24, 2.45) is 0 Å². The Morgan fingerprint density at radius 2 is 1.76 bits per heavy atom. The van der Waals surface area contributed by atoms with Crippen LogP contribution in [0.15, 0.2) is 70.7 Å². The molecule has 1 aliphatic rings. The molecule has 0 atom stereocenters. The van der Waals surface area contributed by atoms with Crippen molar-refractivity contribution in [1.29, 1.82) is 0 Å². The molecule has 1 aliphatic heterocycles. The zero-order valence-corrected chi connectivity index (χ0v) is 19.2. The van der Waals surface area contributed by atoms with Crippen molar-refractivity contribution in [2.45, 2.75) is 10.1 Å². The van der Waals surface area contributed by atoms with Crippen molar-refractivity contribution in [3.05, 3.63) is 60.7 Å². The minimum atomic E-state index is -3.57. The lowest BCUT2D eigenvalue weighted by Gasteiger charge is -2.26. The summed E-state index contributed by atoms with van der Waals surface area (Å²) in [7, 11) is -3.57. The molecule has 0 bridgehead atoms. The normalized spacial score (nSPS) is 15.2. The number of fused-ring (bicyclic) bond motifs is 3. The Hall–Kier alpha value is -2.99. The summed E-state index contributed by atoms with van der Waals surface area (Å²) < 4.78 is 34.0. The molecule has 1 amide bonds. The van der Waals surface area contributed by atoms with E-state index in [4.69, 9.17) is 4.74 Å². The Morgan fingerprint density at radius 3 is 2.55 bits per heavy atom. The summed E-state index contributed by atoms with van der Waals surface area (Å²) in [5.41, 5.74) is 2.21. The predicted octanol–water partition coefficient (Wildman–Crippen LogP) is 2.63. The van der Waals surface area contributed by atoms with Crippen LogP contribution in [-0.4, -0.2) is 65.3 Å². The van der Waals surface area contributed by atoms with E-state index in [9.17, 15) is 13.2 Å². The molecule has 0 spiro atoms. The van der Waals surface area contributed by atoms with Crippen molar-refractivity contribution in [1.82, 2.24) is 18.9 Å². The summed E-state index contributed by atoms with van der Waals surface area (Å²) >= 11 is 1.29. The number of anilines is 1. The van der Waals surface area contributed by atoms with Gasteiger partial charge in [0, 0.05) is 18.8 Å². The summed E-state index contributed by atoms with van der Waals surface area (Å²) in [5.74, 6) is -0.0848. The van der Waals surface area contributed by atoms with Gasteiger partial charge in [-0.1, -0.05) is 30.0 Å². The van der Waals surface area contributed by atoms with Gasteiger partial charge in [-0.2, -0.15) is 4.31 Å². The quantitative estimate of drug-likeness (QED) is 0.420. The van der Waals surface area contributed by atoms with Crippen LogP contribution in [0.25, 0.3) is 16.6 Å². The number of hydrogen-bond acceptors (Lipinski definition) is 7. The van der Waals surface area contributed by atoms with Crippen LogP contribution in [0, 0.1) is 0 Å². The first kappa shape index (κ1) is 21.8. The van der Waals surface area contributed by atoms with Gasteiger partial charge in [-0.3, -0.25) is 9.20 Å². The van der Waals surface area contributed by atoms with Crippen LogP contribution in [0.1, 0.15) is 0 Å². The molecular weight excluding hydrogens is 462 g/mol. The number of para-hydroxylation sites is 1. The summed E-state index contributed by atoms with van der Waals surface area (Å²) in [6.07, 6.45) is 0. The third-order valence-electron chi connectivity index (χ3n) is 5.33. The number of carbonyl (C=O) groups is 1. The first-order chi connectivity index (χ1) is 16.0. The number of amides is 1. The Kier molecular flexibility index (Phi) is 6.02. The van der Waals surface area contributed by atoms with Crippen molar-refractivity contribution in [2.75, 3.05) is 37.4 Å². The van der Waals surface area contributed by atoms with E-state index in [0.717, 1.165) is 10.9 Å². The van der Waals surface area contributed by atoms with Crippen molar-refractivity contribution in [3.8, 4) is 0 Å². The molecule has 33 heavy (non-hydrogen) atoms. The Balaban J connectivity index is 1.25. The van der Waals surface area contributed by atoms with E-state index in [-0.39, 0.29) is 16.6 Å². The van der Waals surface area contributed by atoms with E-state index in [2.05, 4.69) is 15.5 Å². The third-order valence-corrected chi connectivity index (χ3v) is 8.17. The molecule has 0 saturated carbocycles. The molecule has 1 N–H and O–H groups in total. The van der Waals surface area contributed by atoms with Crippen LogP contribution in [0.5, 0.6) is 0 Å². The summed E-state index contributed by atoms with van der Waals surface area (Å²) in [4.78, 5) is 12.7. The lowest BCUT2D eigenvalue weighted by Crippen LogP contribution is -2.40. The minimum absolute atomic E-state index is 0.137. The number of sulfonamides is 1. The van der Waals surface area contributed by atoms with Gasteiger partial charge in [-0.25, -0.2) is 8.42 Å². The van der Waals surface area contributed by atoms with Crippen LogP contribution in [0.3, 0.4) is 0 Å². The summed E-state index contributed by atoms with van der Waals surface area (Å²) in [5, 5.41) is 12.9. The van der Waals surface area contributed by atoms with E-state index in [0.29, 0.717) is 42.8 Å². The smallest absolute Gasteiger partial charge is 0.243 e. The second-order valence-corrected chi connectivity index (χ2v) is 10.3. The molecule has 170 valence electrons. The Labute approximate surface area is 194 Å². The zero-order valence-electron chi connectivity index (χ0n) is 17.5. The highest BCUT2D eigenvalue weighted by Crippen LogP contribution is 2.24. The first-order valence-electron chi connectivity index (χ1n) is 10.4. The number of hydrogen-bond donors (Lipinski definition) is 1. The maximum atomic E-state index is 12.7. The highest BCUT2D eigenvalue weighted by Gasteiger charge is 2.26. The average molecular weight is 484 g/mol. The third kappa shape index (κ3) is 4.44. The number of thioether (sulfide) groups is 1. The Bertz CT molecular complexity index is 1410. The molecule has 9 nitrogen and oxygen atoms in total. The standard InChI is InChI=1S/C22H21N5O4S2/c28-21(15-32-22-25-24-20-10-5-16-3-1-2-4-19(16)27(20)22)23-17-6-8-18(9-7-17)33(29,30)26-11-13-31-14-12-26/h1-10H,11-15H2,(H,23,28). The van der Waals surface area contributed by atoms with Gasteiger partial charge in [-0.15, -0.1) is 10.2 Å². The molecular formula is C22H21N5O4S2. The van der Waals surface area contributed by atoms with E-state index in [1.165, 1.54) is 28.2 Å². The van der Waals surface area contributed by atoms with Crippen molar-refractivity contribution < 1.29 is 17.9 Å². The maximum absolute atomic E-state index is 12.7. The van der Waals surface area contributed by atoms with E-state index in [1.54, 1.807) is 12.1 Å². The van der Waals surface area contributed by atoms with Crippen LogP contribution in [0.2, 0.25) is 0 Å². The molecule has 11 heteroatoms. The van der Waals surface area contributed by atoms with Crippen molar-refractivity contribution >= 4 is 49.9 Å². The fraction of sp³-hybridized carbons (Fsp3) is 0.227. The van der Waals surface area contributed by atoms with Crippen LogP contribution >= 0.6 is 11.8 Å². The Morgan fingerprint density at radius 1 is 1.00 bits per heavy atom. The second kappa shape index (κ2) is 9.10. The maximum Gasteiger partial charge on any atom is 0.243 e. The molecule has 4 aromatic rings. The molecule has 2 aromatic heterocycles. The molecule has 3 heterocycles. The molecule has 5 rings (SSSR count). The van der Waals surface area contributed by atoms with Crippen molar-refractivity contribution in [3.63, 3.8) is 0 Å². The summed E-state index contributed by atoms with van der Waals surface area (Å²) in [6, 6.07) is 18.0. The number of carbonyl (C=O) groups excluding carboxylic acids is 1. The van der Waals surface area contributed by atoms with Gasteiger partial charge in [-0.05, 0) is 47.9 Å². The number of pyridine rings is 1. The number of rotatable bonds is 6. The molecule has 0 radical (unpaired) electrons. The van der Waals surface area contributed by atoms with Gasteiger partial charge in [0.25, 0.3) is 0 Å². The predicted molar refractivity (Wildman–Crippen MR) is 126 cm³/mol. The fourth-order valence-corrected chi connectivity index (χ4v) is 5.84. The average Bonchev–Trinajstić information content (AvgIpc) is 3.27. The van der Waals surface area contributed by atoms with Crippen LogP contribution < -0.4 is 5.32 Å².